The van der Waals surface area contributed by atoms with Gasteiger partial charge in [0, 0.05) is 36.3 Å². The molecule has 0 bridgehead atoms. The summed E-state index contributed by atoms with van der Waals surface area (Å²) < 4.78 is 5.69. The van der Waals surface area contributed by atoms with Crippen molar-refractivity contribution in [1.29, 1.82) is 0 Å². The van der Waals surface area contributed by atoms with Crippen LogP contribution in [0.15, 0.2) is 41.3 Å². The first-order valence-corrected chi connectivity index (χ1v) is 8.74. The van der Waals surface area contributed by atoms with Gasteiger partial charge in [-0.25, -0.2) is 4.98 Å². The summed E-state index contributed by atoms with van der Waals surface area (Å²) in [5.74, 6) is 0.545. The van der Waals surface area contributed by atoms with Crippen LogP contribution in [0, 0.1) is 6.92 Å². The quantitative estimate of drug-likeness (QED) is 0.775. The Morgan fingerprint density at radius 3 is 2.62 bits per heavy atom. The highest BCUT2D eigenvalue weighted by Crippen LogP contribution is 2.25. The molecule has 0 N–H and O–H groups in total. The van der Waals surface area contributed by atoms with Crippen LogP contribution in [0.25, 0.3) is 11.5 Å². The van der Waals surface area contributed by atoms with Gasteiger partial charge < -0.3 is 14.2 Å². The van der Waals surface area contributed by atoms with Crippen molar-refractivity contribution in [3.05, 3.63) is 53.4 Å². The molecule has 3 rings (SSSR count). The van der Waals surface area contributed by atoms with Crippen LogP contribution < -0.4 is 0 Å². The third-order valence-corrected chi connectivity index (χ3v) is 4.72. The third-order valence-electron chi connectivity index (χ3n) is 4.46. The van der Waals surface area contributed by atoms with Gasteiger partial charge in [0.2, 0.25) is 11.8 Å². The van der Waals surface area contributed by atoms with E-state index >= 15 is 0 Å². The molecule has 136 valence electrons. The lowest BCUT2D eigenvalue weighted by atomic mass is 10.1. The number of oxazole rings is 1. The van der Waals surface area contributed by atoms with Crippen LogP contribution in [0.2, 0.25) is 5.02 Å². The highest BCUT2D eigenvalue weighted by atomic mass is 35.5. The number of carbonyl (C=O) groups is 2. The summed E-state index contributed by atoms with van der Waals surface area (Å²) in [6, 6.07) is 6.97. The maximum Gasteiger partial charge on any atom is 0.276 e. The van der Waals surface area contributed by atoms with E-state index in [9.17, 15) is 9.59 Å². The van der Waals surface area contributed by atoms with E-state index in [1.54, 1.807) is 41.0 Å². The Bertz CT molecular complexity index is 844. The topological polar surface area (TPSA) is 66.7 Å². The molecule has 6 nitrogen and oxygen atoms in total. The molecule has 2 aromatic rings. The summed E-state index contributed by atoms with van der Waals surface area (Å²) in [6.45, 7) is 8.54. The zero-order valence-electron chi connectivity index (χ0n) is 14.7. The Hall–Kier alpha value is -2.60. The molecule has 2 amide bonds. The van der Waals surface area contributed by atoms with Gasteiger partial charge in [0.1, 0.15) is 5.76 Å². The van der Waals surface area contributed by atoms with E-state index in [0.29, 0.717) is 42.0 Å². The molecule has 1 atom stereocenters. The molecule has 1 aromatic carbocycles. The first-order valence-electron chi connectivity index (χ1n) is 8.36. The smallest absolute Gasteiger partial charge is 0.276 e. The molecule has 1 fully saturated rings. The molecule has 26 heavy (non-hydrogen) atoms. The highest BCUT2D eigenvalue weighted by molar-refractivity contribution is 6.30. The Labute approximate surface area is 157 Å². The molecule has 0 unspecified atom stereocenters. The lowest BCUT2D eigenvalue weighted by molar-refractivity contribution is -0.128. The largest absolute Gasteiger partial charge is 0.441 e. The predicted octanol–water partition coefficient (Wildman–Crippen LogP) is 3.16. The number of nitrogens with zero attached hydrogens (tertiary/aromatic N) is 3. The van der Waals surface area contributed by atoms with Crippen LogP contribution in [0.4, 0.5) is 0 Å². The minimum absolute atomic E-state index is 0.116. The summed E-state index contributed by atoms with van der Waals surface area (Å²) in [7, 11) is 0. The van der Waals surface area contributed by atoms with E-state index in [1.807, 2.05) is 6.92 Å². The van der Waals surface area contributed by atoms with E-state index in [1.165, 1.54) is 6.08 Å². The first-order chi connectivity index (χ1) is 12.4. The molecule has 0 aliphatic carbocycles. The Kier molecular flexibility index (Phi) is 5.13. The number of carbonyl (C=O) groups excluding carboxylic acids is 2. The summed E-state index contributed by atoms with van der Waals surface area (Å²) >= 11 is 5.90. The normalized spacial score (nSPS) is 17.3. The molecule has 2 heterocycles. The first kappa shape index (κ1) is 18.2. The fourth-order valence-corrected chi connectivity index (χ4v) is 3.16. The number of hydrogen-bond acceptors (Lipinski definition) is 4. The number of aromatic nitrogens is 1. The number of benzene rings is 1. The lowest BCUT2D eigenvalue weighted by Crippen LogP contribution is -2.55. The molecule has 0 spiro atoms. The maximum atomic E-state index is 12.9. The fraction of sp³-hybridized carbons (Fsp3) is 0.316. The minimum Gasteiger partial charge on any atom is -0.441 e. The molecule has 1 aromatic heterocycles. The monoisotopic (exact) mass is 373 g/mol. The van der Waals surface area contributed by atoms with Crippen molar-refractivity contribution < 1.29 is 14.0 Å². The second-order valence-electron chi connectivity index (χ2n) is 6.27. The molecule has 7 heteroatoms. The lowest BCUT2D eigenvalue weighted by Gasteiger charge is -2.39. The van der Waals surface area contributed by atoms with E-state index in [2.05, 4.69) is 11.6 Å². The van der Waals surface area contributed by atoms with E-state index in [4.69, 9.17) is 16.0 Å². The van der Waals surface area contributed by atoms with Crippen molar-refractivity contribution in [2.45, 2.75) is 19.9 Å². The summed E-state index contributed by atoms with van der Waals surface area (Å²) in [5, 5.41) is 0.620. The second kappa shape index (κ2) is 7.33. The molecule has 0 saturated carbocycles. The summed E-state index contributed by atoms with van der Waals surface area (Å²) in [6.07, 6.45) is 1.30. The van der Waals surface area contributed by atoms with Crippen molar-refractivity contribution in [1.82, 2.24) is 14.8 Å². The average molecular weight is 374 g/mol. The van der Waals surface area contributed by atoms with Gasteiger partial charge in [0.25, 0.3) is 5.91 Å². The van der Waals surface area contributed by atoms with Crippen LogP contribution in [-0.4, -0.2) is 52.3 Å². The predicted molar refractivity (Wildman–Crippen MR) is 99.0 cm³/mol. The molecule has 1 saturated heterocycles. The SMILES string of the molecule is C=CC(=O)N1CCN(C(=O)c2nc(-c3ccc(Cl)cc3)oc2C)[C@@H](C)C1. The minimum atomic E-state index is -0.190. The number of piperazine rings is 1. The Balaban J connectivity index is 1.79. The molecule has 1 aliphatic rings. The van der Waals surface area contributed by atoms with Crippen molar-refractivity contribution in [3.8, 4) is 11.5 Å². The third kappa shape index (κ3) is 3.51. The molecule has 1 aliphatic heterocycles. The van der Waals surface area contributed by atoms with Crippen molar-refractivity contribution in [2.75, 3.05) is 19.6 Å². The van der Waals surface area contributed by atoms with Gasteiger partial charge in [0.15, 0.2) is 5.69 Å². The van der Waals surface area contributed by atoms with E-state index in [-0.39, 0.29) is 17.9 Å². The van der Waals surface area contributed by atoms with Crippen LogP contribution in [0.1, 0.15) is 23.2 Å². The Morgan fingerprint density at radius 2 is 2.00 bits per heavy atom. The number of aryl methyl sites for hydroxylation is 1. The van der Waals surface area contributed by atoms with Crippen LogP contribution in [0.3, 0.4) is 0 Å². The van der Waals surface area contributed by atoms with Gasteiger partial charge in [0.05, 0.1) is 0 Å². The summed E-state index contributed by atoms with van der Waals surface area (Å²) in [4.78, 5) is 32.5. The van der Waals surface area contributed by atoms with Gasteiger partial charge in [-0.15, -0.1) is 0 Å². The van der Waals surface area contributed by atoms with Crippen LogP contribution in [0.5, 0.6) is 0 Å². The zero-order valence-corrected chi connectivity index (χ0v) is 15.5. The standard InChI is InChI=1S/C19H20ClN3O3/c1-4-16(24)22-9-10-23(12(2)11-22)19(25)17-13(3)26-18(21-17)14-5-7-15(20)8-6-14/h4-8,12H,1,9-11H2,2-3H3/t12-/m0/s1. The van der Waals surface area contributed by atoms with Gasteiger partial charge in [-0.2, -0.15) is 0 Å². The zero-order chi connectivity index (χ0) is 18.8. The number of amides is 2. The van der Waals surface area contributed by atoms with E-state index in [0.717, 1.165) is 5.56 Å². The maximum absolute atomic E-state index is 12.9. The van der Waals surface area contributed by atoms with E-state index < -0.39 is 0 Å². The highest BCUT2D eigenvalue weighted by Gasteiger charge is 2.32. The number of rotatable bonds is 3. The van der Waals surface area contributed by atoms with Crippen LogP contribution >= 0.6 is 11.6 Å². The molecular formula is C19H20ClN3O3. The van der Waals surface area contributed by atoms with Crippen LogP contribution in [-0.2, 0) is 4.79 Å². The number of halogens is 1. The van der Waals surface area contributed by atoms with Gasteiger partial charge in [-0.05, 0) is 44.2 Å². The average Bonchev–Trinajstić information content (AvgIpc) is 3.02. The molecular weight excluding hydrogens is 354 g/mol. The molecule has 0 radical (unpaired) electrons. The Morgan fingerprint density at radius 1 is 1.31 bits per heavy atom. The van der Waals surface area contributed by atoms with Gasteiger partial charge in [-0.1, -0.05) is 18.2 Å². The van der Waals surface area contributed by atoms with Gasteiger partial charge >= 0.3 is 0 Å². The number of hydrogen-bond donors (Lipinski definition) is 0. The van der Waals surface area contributed by atoms with Crippen molar-refractivity contribution >= 4 is 23.4 Å². The van der Waals surface area contributed by atoms with Crippen molar-refractivity contribution in [2.24, 2.45) is 0 Å². The second-order valence-corrected chi connectivity index (χ2v) is 6.70. The fourth-order valence-electron chi connectivity index (χ4n) is 3.04. The van der Waals surface area contributed by atoms with Gasteiger partial charge in [-0.3, -0.25) is 9.59 Å². The van der Waals surface area contributed by atoms with Crippen molar-refractivity contribution in [3.63, 3.8) is 0 Å². The summed E-state index contributed by atoms with van der Waals surface area (Å²) in [5.41, 5.74) is 1.05.